The fourth-order valence-electron chi connectivity index (χ4n) is 4.56. The largest absolute Gasteiger partial charge is 0.371 e. The Kier molecular flexibility index (Phi) is 6.76. The SMILES string of the molecule is CN(C)S(=O)(=O)c1ccc(N2CCCCC2)c(C(=O)N2CCCC(C(=O)NC3CC3)C2)c1. The number of carbonyl (C=O) groups excluding carboxylic acids is 2. The van der Waals surface area contributed by atoms with E-state index in [0.29, 0.717) is 24.7 Å². The molecule has 1 atom stereocenters. The third-order valence-corrected chi connectivity index (χ3v) is 8.49. The molecule has 4 rings (SSSR count). The lowest BCUT2D eigenvalue weighted by Crippen LogP contribution is -2.46. The number of nitrogens with one attached hydrogen (secondary N) is 1. The topological polar surface area (TPSA) is 90.0 Å². The maximum atomic E-state index is 13.7. The summed E-state index contributed by atoms with van der Waals surface area (Å²) < 4.78 is 26.7. The van der Waals surface area contributed by atoms with Crippen molar-refractivity contribution < 1.29 is 18.0 Å². The maximum absolute atomic E-state index is 13.7. The van der Waals surface area contributed by atoms with Crippen LogP contribution in [0.15, 0.2) is 23.1 Å². The van der Waals surface area contributed by atoms with E-state index in [1.54, 1.807) is 17.0 Å². The highest BCUT2D eigenvalue weighted by Gasteiger charge is 2.34. The Morgan fingerprint density at radius 1 is 1.00 bits per heavy atom. The molecule has 3 aliphatic rings. The summed E-state index contributed by atoms with van der Waals surface area (Å²) >= 11 is 0. The van der Waals surface area contributed by atoms with Crippen LogP contribution in [0.5, 0.6) is 0 Å². The van der Waals surface area contributed by atoms with Gasteiger partial charge in [-0.25, -0.2) is 12.7 Å². The molecule has 0 bridgehead atoms. The molecule has 1 aromatic carbocycles. The second-order valence-corrected chi connectivity index (χ2v) is 11.5. The van der Waals surface area contributed by atoms with Gasteiger partial charge in [0.25, 0.3) is 5.91 Å². The van der Waals surface area contributed by atoms with Crippen molar-refractivity contribution in [1.29, 1.82) is 0 Å². The highest BCUT2D eigenvalue weighted by atomic mass is 32.2. The predicted octanol–water partition coefficient (Wildman–Crippen LogP) is 2.06. The number of anilines is 1. The van der Waals surface area contributed by atoms with Crippen LogP contribution in [0.2, 0.25) is 0 Å². The third-order valence-electron chi connectivity index (χ3n) is 6.68. The summed E-state index contributed by atoms with van der Waals surface area (Å²) in [6.07, 6.45) is 6.88. The average Bonchev–Trinajstić information content (AvgIpc) is 3.62. The number of sulfonamides is 1. The summed E-state index contributed by atoms with van der Waals surface area (Å²) in [6.45, 7) is 2.66. The second-order valence-electron chi connectivity index (χ2n) is 9.39. The van der Waals surface area contributed by atoms with E-state index in [-0.39, 0.29) is 22.6 Å². The Hall–Kier alpha value is -2.13. The Labute approximate surface area is 191 Å². The minimum absolute atomic E-state index is 0.0326. The van der Waals surface area contributed by atoms with Crippen molar-refractivity contribution in [3.05, 3.63) is 23.8 Å². The van der Waals surface area contributed by atoms with E-state index in [2.05, 4.69) is 10.2 Å². The molecule has 1 saturated carbocycles. The quantitative estimate of drug-likeness (QED) is 0.699. The van der Waals surface area contributed by atoms with Gasteiger partial charge in [0.1, 0.15) is 0 Å². The molecule has 2 aliphatic heterocycles. The fourth-order valence-corrected chi connectivity index (χ4v) is 5.49. The third kappa shape index (κ3) is 4.93. The average molecular weight is 463 g/mol. The van der Waals surface area contributed by atoms with E-state index >= 15 is 0 Å². The van der Waals surface area contributed by atoms with Crippen LogP contribution in [0.1, 0.15) is 55.3 Å². The van der Waals surface area contributed by atoms with E-state index in [0.717, 1.165) is 68.0 Å². The molecule has 2 heterocycles. The van der Waals surface area contributed by atoms with E-state index in [1.165, 1.54) is 20.2 Å². The van der Waals surface area contributed by atoms with Gasteiger partial charge in [0.2, 0.25) is 15.9 Å². The number of carbonyl (C=O) groups is 2. The number of hydrogen-bond donors (Lipinski definition) is 1. The highest BCUT2D eigenvalue weighted by molar-refractivity contribution is 7.89. The molecule has 8 nitrogen and oxygen atoms in total. The van der Waals surface area contributed by atoms with Crippen molar-refractivity contribution >= 4 is 27.5 Å². The Bertz CT molecular complexity index is 968. The van der Waals surface area contributed by atoms with Crippen molar-refractivity contribution in [1.82, 2.24) is 14.5 Å². The van der Waals surface area contributed by atoms with E-state index < -0.39 is 10.0 Å². The summed E-state index contributed by atoms with van der Waals surface area (Å²) in [5, 5.41) is 3.06. The molecule has 3 fully saturated rings. The van der Waals surface area contributed by atoms with Crippen molar-refractivity contribution in [2.45, 2.75) is 55.9 Å². The lowest BCUT2D eigenvalue weighted by Gasteiger charge is -2.35. The van der Waals surface area contributed by atoms with Gasteiger partial charge >= 0.3 is 0 Å². The molecule has 1 N–H and O–H groups in total. The first kappa shape index (κ1) is 23.0. The summed E-state index contributed by atoms with van der Waals surface area (Å²) in [4.78, 5) is 30.3. The maximum Gasteiger partial charge on any atom is 0.256 e. The molecule has 176 valence electrons. The lowest BCUT2D eigenvalue weighted by molar-refractivity contribution is -0.126. The Balaban J connectivity index is 1.62. The molecule has 1 aliphatic carbocycles. The van der Waals surface area contributed by atoms with Gasteiger partial charge in [-0.15, -0.1) is 0 Å². The van der Waals surface area contributed by atoms with Crippen LogP contribution < -0.4 is 10.2 Å². The molecule has 32 heavy (non-hydrogen) atoms. The molecule has 0 aromatic heterocycles. The standard InChI is InChI=1S/C23H34N4O4S/c1-25(2)32(30,31)19-10-11-21(26-12-4-3-5-13-26)20(15-19)23(29)27-14-6-7-17(16-27)22(28)24-18-8-9-18/h10-11,15,17-18H,3-9,12-14,16H2,1-2H3,(H,24,28). The molecular weight excluding hydrogens is 428 g/mol. The monoisotopic (exact) mass is 462 g/mol. The first-order valence-electron chi connectivity index (χ1n) is 11.7. The van der Waals surface area contributed by atoms with E-state index in [1.807, 2.05) is 0 Å². The van der Waals surface area contributed by atoms with Gasteiger partial charge in [0.05, 0.1) is 16.4 Å². The van der Waals surface area contributed by atoms with Crippen molar-refractivity contribution in [2.24, 2.45) is 5.92 Å². The number of amides is 2. The number of piperidine rings is 2. The zero-order valence-electron chi connectivity index (χ0n) is 19.0. The molecular formula is C23H34N4O4S. The minimum Gasteiger partial charge on any atom is -0.371 e. The summed E-state index contributed by atoms with van der Waals surface area (Å²) in [5.41, 5.74) is 1.20. The van der Waals surface area contributed by atoms with Gasteiger partial charge in [-0.3, -0.25) is 9.59 Å². The van der Waals surface area contributed by atoms with Crippen LogP contribution in [0.25, 0.3) is 0 Å². The second kappa shape index (κ2) is 9.39. The molecule has 0 radical (unpaired) electrons. The van der Waals surface area contributed by atoms with E-state index in [4.69, 9.17) is 0 Å². The normalized spacial score (nSPS) is 22.2. The molecule has 9 heteroatoms. The Morgan fingerprint density at radius 3 is 2.38 bits per heavy atom. The van der Waals surface area contributed by atoms with Gasteiger partial charge in [0, 0.05) is 52.0 Å². The lowest BCUT2D eigenvalue weighted by atomic mass is 9.96. The summed E-state index contributed by atoms with van der Waals surface area (Å²) in [5.74, 6) is -0.365. The minimum atomic E-state index is -3.66. The number of likely N-dealkylation sites (tertiary alicyclic amines) is 1. The Morgan fingerprint density at radius 2 is 1.72 bits per heavy atom. The van der Waals surface area contributed by atoms with Crippen LogP contribution >= 0.6 is 0 Å². The zero-order valence-corrected chi connectivity index (χ0v) is 19.9. The number of nitrogens with zero attached hydrogens (tertiary/aromatic N) is 3. The predicted molar refractivity (Wildman–Crippen MR) is 123 cm³/mol. The van der Waals surface area contributed by atoms with Gasteiger partial charge in [-0.1, -0.05) is 0 Å². The summed E-state index contributed by atoms with van der Waals surface area (Å²) in [6, 6.07) is 5.19. The first-order valence-corrected chi connectivity index (χ1v) is 13.1. The van der Waals surface area contributed by atoms with Crippen LogP contribution in [0, 0.1) is 5.92 Å². The van der Waals surface area contributed by atoms with Crippen LogP contribution in [-0.2, 0) is 14.8 Å². The van der Waals surface area contributed by atoms with Crippen molar-refractivity contribution in [3.8, 4) is 0 Å². The van der Waals surface area contributed by atoms with Crippen LogP contribution in [-0.4, -0.2) is 75.8 Å². The van der Waals surface area contributed by atoms with Crippen molar-refractivity contribution in [2.75, 3.05) is 45.2 Å². The number of rotatable bonds is 6. The van der Waals surface area contributed by atoms with E-state index in [9.17, 15) is 18.0 Å². The van der Waals surface area contributed by atoms with Gasteiger partial charge in [0.15, 0.2) is 0 Å². The first-order chi connectivity index (χ1) is 15.3. The molecule has 1 unspecified atom stereocenters. The van der Waals surface area contributed by atoms with Gasteiger partial charge in [-0.2, -0.15) is 0 Å². The smallest absolute Gasteiger partial charge is 0.256 e. The number of hydrogen-bond acceptors (Lipinski definition) is 5. The highest BCUT2D eigenvalue weighted by Crippen LogP contribution is 2.30. The molecule has 2 saturated heterocycles. The zero-order chi connectivity index (χ0) is 22.9. The molecule has 0 spiro atoms. The molecule has 1 aromatic rings. The summed E-state index contributed by atoms with van der Waals surface area (Å²) in [7, 11) is -0.684. The van der Waals surface area contributed by atoms with Crippen molar-refractivity contribution in [3.63, 3.8) is 0 Å². The van der Waals surface area contributed by atoms with Crippen LogP contribution in [0.4, 0.5) is 5.69 Å². The molecule has 2 amide bonds. The van der Waals surface area contributed by atoms with Gasteiger partial charge in [-0.05, 0) is 63.1 Å². The van der Waals surface area contributed by atoms with Gasteiger partial charge < -0.3 is 15.1 Å². The van der Waals surface area contributed by atoms with Crippen LogP contribution in [0.3, 0.4) is 0 Å². The number of benzene rings is 1. The fraction of sp³-hybridized carbons (Fsp3) is 0.652.